The zero-order valence-corrected chi connectivity index (χ0v) is 21.9. The van der Waals surface area contributed by atoms with Gasteiger partial charge in [-0.2, -0.15) is 0 Å². The molecule has 29 heavy (non-hydrogen) atoms. The standard InChI is InChI=1S/C20H44B2N6S/c1-17(2,3)25-13-14-26(18(4,5)6)21(25)23-29-24-22-27(19(7,8)9)15-16-28(22)20(10,11)12/h13-16H2,1-12H3. The topological polar surface area (TPSA) is 37.7 Å². The minimum absolute atomic E-state index is 0.0522. The molecule has 166 valence electrons. The molecule has 0 amide bonds. The number of hydrogen-bond acceptors (Lipinski definition) is 6. The van der Waals surface area contributed by atoms with Gasteiger partial charge in [0, 0.05) is 59.7 Å². The second-order valence-corrected chi connectivity index (χ2v) is 13.0. The first-order chi connectivity index (χ1) is 12.9. The fourth-order valence-corrected chi connectivity index (χ4v) is 4.97. The minimum Gasteiger partial charge on any atom is -0.301 e. The van der Waals surface area contributed by atoms with E-state index in [-0.39, 0.29) is 36.4 Å². The molecule has 0 saturated carbocycles. The van der Waals surface area contributed by atoms with Crippen molar-refractivity contribution in [1.29, 1.82) is 0 Å². The fraction of sp³-hybridized carbons (Fsp3) is 1.00. The predicted molar refractivity (Wildman–Crippen MR) is 130 cm³/mol. The molecule has 2 aliphatic heterocycles. The number of hydrogen-bond donors (Lipinski definition) is 0. The van der Waals surface area contributed by atoms with Gasteiger partial charge in [-0.25, -0.2) is 8.55 Å². The Hall–Kier alpha value is -0.210. The van der Waals surface area contributed by atoms with Gasteiger partial charge >= 0.3 is 14.2 Å². The molecule has 0 aromatic rings. The van der Waals surface area contributed by atoms with E-state index >= 15 is 0 Å². The molecule has 0 aliphatic carbocycles. The van der Waals surface area contributed by atoms with E-state index in [1.165, 1.54) is 11.4 Å². The zero-order chi connectivity index (χ0) is 22.4. The third kappa shape index (κ3) is 5.94. The van der Waals surface area contributed by atoms with E-state index in [0.29, 0.717) is 0 Å². The summed E-state index contributed by atoms with van der Waals surface area (Å²) in [5, 5.41) is 0. The van der Waals surface area contributed by atoms with E-state index < -0.39 is 0 Å². The molecule has 0 N–H and O–H groups in total. The third-order valence-electron chi connectivity index (χ3n) is 6.01. The van der Waals surface area contributed by atoms with Crippen molar-refractivity contribution < 1.29 is 0 Å². The SMILES string of the molecule is CC(C)(C)N1CCN(C(C)(C)C)B1N=S=NB1N(C(C)(C)C)CCN1C(C)(C)C. The van der Waals surface area contributed by atoms with Crippen LogP contribution < -0.4 is 0 Å². The highest BCUT2D eigenvalue weighted by Gasteiger charge is 2.48. The van der Waals surface area contributed by atoms with Crippen LogP contribution in [0.15, 0.2) is 8.55 Å². The molecular formula is C20H44B2N6S. The molecule has 2 aliphatic rings. The maximum Gasteiger partial charge on any atom is 0.469 e. The van der Waals surface area contributed by atoms with Gasteiger partial charge in [-0.05, 0) is 83.1 Å². The second kappa shape index (κ2) is 8.38. The van der Waals surface area contributed by atoms with Crippen molar-refractivity contribution in [3.8, 4) is 0 Å². The van der Waals surface area contributed by atoms with E-state index in [9.17, 15) is 0 Å². The smallest absolute Gasteiger partial charge is 0.301 e. The highest BCUT2D eigenvalue weighted by molar-refractivity contribution is 7.59. The fourth-order valence-electron chi connectivity index (χ4n) is 4.30. The predicted octanol–water partition coefficient (Wildman–Crippen LogP) is 3.84. The first-order valence-corrected chi connectivity index (χ1v) is 11.8. The normalized spacial score (nSPS) is 21.9. The Morgan fingerprint density at radius 1 is 0.483 bits per heavy atom. The summed E-state index contributed by atoms with van der Waals surface area (Å²) in [5.74, 6) is 0. The molecular weight excluding hydrogens is 378 g/mol. The maximum atomic E-state index is 5.06. The van der Waals surface area contributed by atoms with Crippen LogP contribution in [0.3, 0.4) is 0 Å². The lowest BCUT2D eigenvalue weighted by Gasteiger charge is -2.38. The quantitative estimate of drug-likeness (QED) is 0.634. The molecule has 9 heteroatoms. The van der Waals surface area contributed by atoms with Gasteiger partial charge in [0.25, 0.3) is 0 Å². The lowest BCUT2D eigenvalue weighted by atomic mass is 9.82. The molecule has 0 unspecified atom stereocenters. The van der Waals surface area contributed by atoms with Crippen LogP contribution in [0.25, 0.3) is 0 Å². The minimum atomic E-state index is 0.0522. The Balaban J connectivity index is 2.37. The van der Waals surface area contributed by atoms with Crippen LogP contribution in [0.4, 0.5) is 0 Å². The Morgan fingerprint density at radius 3 is 0.862 bits per heavy atom. The Labute approximate surface area is 184 Å². The first kappa shape index (κ1) is 25.1. The molecule has 0 radical (unpaired) electrons. The summed E-state index contributed by atoms with van der Waals surface area (Å²) in [7, 11) is 0.104. The van der Waals surface area contributed by atoms with Gasteiger partial charge < -0.3 is 19.2 Å². The number of rotatable bonds is 2. The third-order valence-corrected chi connectivity index (χ3v) is 6.57. The van der Waals surface area contributed by atoms with Crippen LogP contribution in [0, 0.1) is 0 Å². The van der Waals surface area contributed by atoms with Crippen molar-refractivity contribution in [2.24, 2.45) is 8.55 Å². The van der Waals surface area contributed by atoms with E-state index in [1.54, 1.807) is 0 Å². The van der Waals surface area contributed by atoms with Crippen molar-refractivity contribution in [2.45, 2.75) is 105 Å². The lowest BCUT2D eigenvalue weighted by Crippen LogP contribution is -2.56. The second-order valence-electron chi connectivity index (χ2n) is 12.4. The van der Waals surface area contributed by atoms with Crippen LogP contribution in [0.1, 0.15) is 83.1 Å². The first-order valence-electron chi connectivity index (χ1n) is 11.1. The number of nitrogens with zero attached hydrogens (tertiary/aromatic N) is 6. The lowest BCUT2D eigenvalue weighted by molar-refractivity contribution is 0.267. The molecule has 0 aromatic heterocycles. The van der Waals surface area contributed by atoms with Gasteiger partial charge in [0.05, 0.1) is 0 Å². The summed E-state index contributed by atoms with van der Waals surface area (Å²) < 4.78 is 10.1. The average molecular weight is 422 g/mol. The van der Waals surface area contributed by atoms with Crippen molar-refractivity contribution in [2.75, 3.05) is 26.2 Å². The van der Waals surface area contributed by atoms with Gasteiger partial charge in [0.15, 0.2) is 0 Å². The van der Waals surface area contributed by atoms with Crippen LogP contribution >= 0.6 is 0 Å². The van der Waals surface area contributed by atoms with Gasteiger partial charge in [-0.1, -0.05) is 0 Å². The summed E-state index contributed by atoms with van der Waals surface area (Å²) in [6.07, 6.45) is 0. The van der Waals surface area contributed by atoms with Gasteiger partial charge in [-0.3, -0.25) is 0 Å². The van der Waals surface area contributed by atoms with Crippen molar-refractivity contribution >= 4 is 25.6 Å². The molecule has 0 atom stereocenters. The Kier molecular flexibility index (Phi) is 7.24. The van der Waals surface area contributed by atoms with E-state index in [2.05, 4.69) is 102 Å². The zero-order valence-electron chi connectivity index (χ0n) is 21.1. The van der Waals surface area contributed by atoms with Crippen LogP contribution in [0.2, 0.25) is 0 Å². The molecule has 2 heterocycles. The molecule has 2 rings (SSSR count). The van der Waals surface area contributed by atoms with E-state index in [0.717, 1.165) is 26.2 Å². The van der Waals surface area contributed by atoms with Gasteiger partial charge in [0.2, 0.25) is 0 Å². The highest BCUT2D eigenvalue weighted by Crippen LogP contribution is 2.29. The summed E-state index contributed by atoms with van der Waals surface area (Å²) >= 11 is 1.41. The van der Waals surface area contributed by atoms with E-state index in [4.69, 9.17) is 8.55 Å². The molecule has 0 bridgehead atoms. The summed E-state index contributed by atoms with van der Waals surface area (Å²) in [4.78, 5) is 9.99. The van der Waals surface area contributed by atoms with Gasteiger partial charge in [-0.15, -0.1) is 0 Å². The van der Waals surface area contributed by atoms with E-state index in [1.807, 2.05) is 0 Å². The summed E-state index contributed by atoms with van der Waals surface area (Å²) in [6, 6.07) is 0. The van der Waals surface area contributed by atoms with Crippen LogP contribution in [0.5, 0.6) is 0 Å². The van der Waals surface area contributed by atoms with Crippen LogP contribution in [-0.2, 0) is 11.4 Å². The average Bonchev–Trinajstić information content (AvgIpc) is 3.08. The van der Waals surface area contributed by atoms with Crippen molar-refractivity contribution in [3.63, 3.8) is 0 Å². The molecule has 0 spiro atoms. The van der Waals surface area contributed by atoms with Gasteiger partial charge in [0.1, 0.15) is 0 Å². The Morgan fingerprint density at radius 2 is 0.690 bits per heavy atom. The monoisotopic (exact) mass is 422 g/mol. The molecule has 6 nitrogen and oxygen atoms in total. The molecule has 0 aromatic carbocycles. The highest BCUT2D eigenvalue weighted by atomic mass is 32.1. The summed E-state index contributed by atoms with van der Waals surface area (Å²) in [5.41, 5.74) is 0.321. The summed E-state index contributed by atoms with van der Waals surface area (Å²) in [6.45, 7) is 31.5. The maximum absolute atomic E-state index is 5.06. The van der Waals surface area contributed by atoms with Crippen molar-refractivity contribution in [1.82, 2.24) is 19.2 Å². The van der Waals surface area contributed by atoms with Crippen LogP contribution in [-0.4, -0.2) is 81.8 Å². The van der Waals surface area contributed by atoms with Crippen molar-refractivity contribution in [3.05, 3.63) is 0 Å². The molecule has 2 fully saturated rings. The Bertz CT molecular complexity index is 541. The largest absolute Gasteiger partial charge is 0.469 e. The molecule has 2 saturated heterocycles.